The number of rotatable bonds is 3. The van der Waals surface area contributed by atoms with Crippen molar-refractivity contribution >= 4 is 22.2 Å². The van der Waals surface area contributed by atoms with Gasteiger partial charge in [0, 0.05) is 0 Å². The van der Waals surface area contributed by atoms with Crippen LogP contribution >= 0.6 is 0 Å². The normalized spacial score (nSPS) is 9.65. The number of hydrazone groups is 1. The van der Waals surface area contributed by atoms with E-state index in [9.17, 15) is 0 Å². The fraction of sp³-hybridized carbons (Fsp3) is 0. The fourth-order valence-electron chi connectivity index (χ4n) is 2.40. The number of nitriles is 2. The van der Waals surface area contributed by atoms with Crippen molar-refractivity contribution in [3.05, 3.63) is 66.7 Å². The summed E-state index contributed by atoms with van der Waals surface area (Å²) in [7, 11) is 0. The summed E-state index contributed by atoms with van der Waals surface area (Å²) in [6.45, 7) is 0. The van der Waals surface area contributed by atoms with Crippen molar-refractivity contribution < 1.29 is 0 Å². The van der Waals surface area contributed by atoms with E-state index in [2.05, 4.69) is 34.8 Å². The van der Waals surface area contributed by atoms with Gasteiger partial charge in [0.2, 0.25) is 5.71 Å². The van der Waals surface area contributed by atoms with Crippen LogP contribution in [0.3, 0.4) is 0 Å². The van der Waals surface area contributed by atoms with Crippen molar-refractivity contribution in [1.82, 2.24) is 0 Å². The van der Waals surface area contributed by atoms with E-state index in [-0.39, 0.29) is 5.71 Å². The molecule has 0 fully saturated rings. The summed E-state index contributed by atoms with van der Waals surface area (Å²) in [5.41, 5.74) is 5.47. The van der Waals surface area contributed by atoms with Gasteiger partial charge in [-0.3, -0.25) is 5.43 Å². The average molecular weight is 296 g/mol. The summed E-state index contributed by atoms with van der Waals surface area (Å²) in [6, 6.07) is 25.6. The van der Waals surface area contributed by atoms with Crippen molar-refractivity contribution in [3.8, 4) is 23.3 Å². The molecule has 0 bridgehead atoms. The van der Waals surface area contributed by atoms with Crippen molar-refractivity contribution in [2.45, 2.75) is 0 Å². The van der Waals surface area contributed by atoms with Crippen LogP contribution in [0.25, 0.3) is 21.9 Å². The molecular formula is C19H12N4. The molecule has 1 N–H and O–H groups in total. The molecule has 0 radical (unpaired) electrons. The van der Waals surface area contributed by atoms with Gasteiger partial charge < -0.3 is 0 Å². The third kappa shape index (κ3) is 3.02. The van der Waals surface area contributed by atoms with Gasteiger partial charge in [-0.05, 0) is 34.0 Å². The Kier molecular flexibility index (Phi) is 4.00. The fourth-order valence-corrected chi connectivity index (χ4v) is 2.40. The lowest BCUT2D eigenvalue weighted by molar-refractivity contribution is 1.34. The van der Waals surface area contributed by atoms with Crippen LogP contribution in [-0.4, -0.2) is 5.71 Å². The highest BCUT2D eigenvalue weighted by molar-refractivity contribution is 6.10. The minimum absolute atomic E-state index is 0.205. The van der Waals surface area contributed by atoms with Crippen LogP contribution < -0.4 is 5.43 Å². The van der Waals surface area contributed by atoms with Crippen LogP contribution in [0.15, 0.2) is 71.8 Å². The van der Waals surface area contributed by atoms with Gasteiger partial charge in [0.05, 0.1) is 5.69 Å². The molecule has 3 aromatic carbocycles. The molecule has 0 aromatic heterocycles. The Bertz CT molecular complexity index is 936. The molecular weight excluding hydrogens is 284 g/mol. The molecule has 0 unspecified atom stereocenters. The number of nitrogens with one attached hydrogen (secondary N) is 1. The number of nitrogens with zero attached hydrogens (tertiary/aromatic N) is 3. The first kappa shape index (κ1) is 14.3. The van der Waals surface area contributed by atoms with Gasteiger partial charge in [-0.2, -0.15) is 15.6 Å². The lowest BCUT2D eigenvalue weighted by Gasteiger charge is -2.08. The predicted molar refractivity (Wildman–Crippen MR) is 91.7 cm³/mol. The van der Waals surface area contributed by atoms with Crippen molar-refractivity contribution in [2.24, 2.45) is 5.10 Å². The molecule has 0 saturated carbocycles. The van der Waals surface area contributed by atoms with E-state index < -0.39 is 0 Å². The van der Waals surface area contributed by atoms with Gasteiger partial charge in [0.15, 0.2) is 0 Å². The molecule has 3 aromatic rings. The molecule has 0 amide bonds. The standard InChI is InChI=1S/C19H12N4/c20-12-17(13-21)23-22-16-10-8-15(9-11-16)19-7-3-5-14-4-1-2-6-18(14)19/h1-11,22H. The average Bonchev–Trinajstić information content (AvgIpc) is 2.63. The van der Waals surface area contributed by atoms with E-state index in [0.29, 0.717) is 0 Å². The molecule has 0 heterocycles. The second-order valence-corrected chi connectivity index (χ2v) is 4.90. The topological polar surface area (TPSA) is 72.0 Å². The second-order valence-electron chi connectivity index (χ2n) is 4.90. The van der Waals surface area contributed by atoms with Crippen molar-refractivity contribution in [3.63, 3.8) is 0 Å². The maximum atomic E-state index is 8.65. The Balaban J connectivity index is 1.92. The SMILES string of the molecule is N#CC(C#N)=NNc1ccc(-c2cccc3ccccc23)cc1. The van der Waals surface area contributed by atoms with Crippen LogP contribution in [0.2, 0.25) is 0 Å². The van der Waals surface area contributed by atoms with Crippen molar-refractivity contribution in [2.75, 3.05) is 5.43 Å². The second kappa shape index (κ2) is 6.43. The summed E-state index contributed by atoms with van der Waals surface area (Å²) in [4.78, 5) is 0. The first-order chi connectivity index (χ1) is 11.3. The van der Waals surface area contributed by atoms with E-state index >= 15 is 0 Å². The van der Waals surface area contributed by atoms with Crippen LogP contribution in [-0.2, 0) is 0 Å². The van der Waals surface area contributed by atoms with Gasteiger partial charge in [-0.15, -0.1) is 0 Å². The third-order valence-corrected chi connectivity index (χ3v) is 3.49. The molecule has 3 rings (SSSR count). The molecule has 0 atom stereocenters. The highest BCUT2D eigenvalue weighted by Gasteiger charge is 2.03. The molecule has 4 heteroatoms. The number of fused-ring (bicyclic) bond motifs is 1. The maximum Gasteiger partial charge on any atom is 0.237 e. The zero-order chi connectivity index (χ0) is 16.1. The summed E-state index contributed by atoms with van der Waals surface area (Å²) >= 11 is 0. The minimum atomic E-state index is -0.205. The van der Waals surface area contributed by atoms with E-state index in [1.54, 1.807) is 12.1 Å². The molecule has 0 spiro atoms. The van der Waals surface area contributed by atoms with Crippen LogP contribution in [0, 0.1) is 22.7 Å². The van der Waals surface area contributed by atoms with Crippen molar-refractivity contribution in [1.29, 1.82) is 10.5 Å². The first-order valence-electron chi connectivity index (χ1n) is 7.04. The Morgan fingerprint density at radius 1 is 0.826 bits per heavy atom. The highest BCUT2D eigenvalue weighted by Crippen LogP contribution is 2.29. The number of benzene rings is 3. The van der Waals surface area contributed by atoms with Gasteiger partial charge in [0.1, 0.15) is 12.1 Å². The zero-order valence-electron chi connectivity index (χ0n) is 12.2. The van der Waals surface area contributed by atoms with E-state index in [1.165, 1.54) is 10.8 Å². The lowest BCUT2D eigenvalue weighted by atomic mass is 9.98. The Labute approximate surface area is 133 Å². The molecule has 0 aliphatic rings. The van der Waals surface area contributed by atoms with Gasteiger partial charge in [-0.1, -0.05) is 54.6 Å². The smallest absolute Gasteiger partial charge is 0.237 e. The largest absolute Gasteiger partial charge is 0.277 e. The van der Waals surface area contributed by atoms with E-state index in [1.807, 2.05) is 42.5 Å². The van der Waals surface area contributed by atoms with Gasteiger partial charge in [0.25, 0.3) is 0 Å². The van der Waals surface area contributed by atoms with Gasteiger partial charge in [-0.25, -0.2) is 0 Å². The maximum absolute atomic E-state index is 8.65. The molecule has 0 saturated heterocycles. The molecule has 23 heavy (non-hydrogen) atoms. The first-order valence-corrected chi connectivity index (χ1v) is 7.04. The van der Waals surface area contributed by atoms with E-state index in [4.69, 9.17) is 10.5 Å². The van der Waals surface area contributed by atoms with E-state index in [0.717, 1.165) is 16.8 Å². The summed E-state index contributed by atoms with van der Waals surface area (Å²) < 4.78 is 0. The monoisotopic (exact) mass is 296 g/mol. The zero-order valence-corrected chi connectivity index (χ0v) is 12.2. The summed E-state index contributed by atoms with van der Waals surface area (Å²) in [6.07, 6.45) is 0. The minimum Gasteiger partial charge on any atom is -0.277 e. The Morgan fingerprint density at radius 2 is 1.52 bits per heavy atom. The molecule has 0 aliphatic carbocycles. The summed E-state index contributed by atoms with van der Waals surface area (Å²) in [5.74, 6) is 0. The Morgan fingerprint density at radius 3 is 2.26 bits per heavy atom. The molecule has 108 valence electrons. The number of hydrogen-bond acceptors (Lipinski definition) is 4. The van der Waals surface area contributed by atoms with Crippen LogP contribution in [0.5, 0.6) is 0 Å². The molecule has 0 aliphatic heterocycles. The van der Waals surface area contributed by atoms with Gasteiger partial charge >= 0.3 is 0 Å². The third-order valence-electron chi connectivity index (χ3n) is 3.49. The Hall–Kier alpha value is -3.63. The summed E-state index contributed by atoms with van der Waals surface area (Å²) in [5, 5.41) is 23.4. The number of anilines is 1. The molecule has 4 nitrogen and oxygen atoms in total. The quantitative estimate of drug-likeness (QED) is 0.578. The predicted octanol–water partition coefficient (Wildman–Crippen LogP) is 4.32. The lowest BCUT2D eigenvalue weighted by Crippen LogP contribution is -1.96. The number of hydrogen-bond donors (Lipinski definition) is 1. The highest BCUT2D eigenvalue weighted by atomic mass is 15.3. The van der Waals surface area contributed by atoms with Crippen LogP contribution in [0.4, 0.5) is 5.69 Å². The van der Waals surface area contributed by atoms with Crippen LogP contribution in [0.1, 0.15) is 0 Å².